The summed E-state index contributed by atoms with van der Waals surface area (Å²) in [5.74, 6) is 0.632. The van der Waals surface area contributed by atoms with E-state index in [4.69, 9.17) is 10.5 Å². The molecule has 0 atom stereocenters. The van der Waals surface area contributed by atoms with Gasteiger partial charge in [0.25, 0.3) is 5.91 Å². The summed E-state index contributed by atoms with van der Waals surface area (Å²) in [6.07, 6.45) is 0. The van der Waals surface area contributed by atoms with E-state index in [0.717, 1.165) is 11.3 Å². The molecule has 1 aromatic heterocycles. The van der Waals surface area contributed by atoms with Crippen molar-refractivity contribution in [2.24, 2.45) is 0 Å². The van der Waals surface area contributed by atoms with Crippen LogP contribution in [0.25, 0.3) is 0 Å². The number of anilines is 1. The zero-order chi connectivity index (χ0) is 13.8. The van der Waals surface area contributed by atoms with E-state index in [1.54, 1.807) is 24.4 Å². The van der Waals surface area contributed by atoms with Gasteiger partial charge < -0.3 is 15.4 Å². The smallest absolute Gasteiger partial charge is 0.273 e. The van der Waals surface area contributed by atoms with Crippen molar-refractivity contribution < 1.29 is 9.53 Å². The molecular weight excluding hydrogens is 262 g/mol. The van der Waals surface area contributed by atoms with Gasteiger partial charge in [-0.3, -0.25) is 4.79 Å². The van der Waals surface area contributed by atoms with Crippen LogP contribution in [-0.2, 0) is 6.54 Å². The first-order chi connectivity index (χ1) is 9.10. The molecule has 0 bridgehead atoms. The molecule has 0 saturated heterocycles. The number of thiazole rings is 1. The van der Waals surface area contributed by atoms with Gasteiger partial charge in [0.2, 0.25) is 0 Å². The Kier molecular flexibility index (Phi) is 4.01. The molecule has 0 aliphatic heterocycles. The van der Waals surface area contributed by atoms with E-state index in [2.05, 4.69) is 4.98 Å². The van der Waals surface area contributed by atoms with E-state index in [-0.39, 0.29) is 5.91 Å². The Morgan fingerprint density at radius 1 is 1.53 bits per heavy atom. The zero-order valence-electron chi connectivity index (χ0n) is 10.8. The third-order valence-electron chi connectivity index (χ3n) is 2.64. The van der Waals surface area contributed by atoms with Gasteiger partial charge in [0.1, 0.15) is 11.4 Å². The summed E-state index contributed by atoms with van der Waals surface area (Å²) in [7, 11) is 3.35. The Hall–Kier alpha value is -2.08. The van der Waals surface area contributed by atoms with Gasteiger partial charge in [0.05, 0.1) is 7.11 Å². The molecule has 2 rings (SSSR count). The zero-order valence-corrected chi connectivity index (χ0v) is 11.6. The number of nitrogens with zero attached hydrogens (tertiary/aromatic N) is 2. The topological polar surface area (TPSA) is 68.5 Å². The summed E-state index contributed by atoms with van der Waals surface area (Å²) < 4.78 is 5.15. The summed E-state index contributed by atoms with van der Waals surface area (Å²) in [5, 5.41) is 2.07. The Bertz CT molecular complexity index is 583. The summed E-state index contributed by atoms with van der Waals surface area (Å²) in [6, 6.07) is 7.61. The van der Waals surface area contributed by atoms with Gasteiger partial charge in [-0.15, -0.1) is 11.3 Å². The van der Waals surface area contributed by atoms with Crippen LogP contribution in [-0.4, -0.2) is 29.9 Å². The Morgan fingerprint density at radius 2 is 2.32 bits per heavy atom. The second kappa shape index (κ2) is 5.71. The Morgan fingerprint density at radius 3 is 2.95 bits per heavy atom. The van der Waals surface area contributed by atoms with Crippen molar-refractivity contribution in [3.63, 3.8) is 0 Å². The third kappa shape index (κ3) is 3.23. The van der Waals surface area contributed by atoms with Gasteiger partial charge in [-0.2, -0.15) is 0 Å². The van der Waals surface area contributed by atoms with E-state index >= 15 is 0 Å². The van der Waals surface area contributed by atoms with Crippen LogP contribution < -0.4 is 10.5 Å². The van der Waals surface area contributed by atoms with Crippen molar-refractivity contribution in [1.82, 2.24) is 9.88 Å². The van der Waals surface area contributed by atoms with Crippen LogP contribution in [0.4, 0.5) is 5.13 Å². The van der Waals surface area contributed by atoms with Gasteiger partial charge in [-0.25, -0.2) is 4.98 Å². The largest absolute Gasteiger partial charge is 0.497 e. The number of nitrogens with two attached hydrogens (primary N) is 1. The summed E-state index contributed by atoms with van der Waals surface area (Å²) >= 11 is 1.26. The molecule has 0 aliphatic rings. The van der Waals surface area contributed by atoms with E-state index < -0.39 is 0 Å². The number of hydrogen-bond donors (Lipinski definition) is 1. The number of ether oxygens (including phenoxy) is 1. The molecule has 1 aromatic carbocycles. The number of carbonyl (C=O) groups is 1. The van der Waals surface area contributed by atoms with Gasteiger partial charge >= 0.3 is 0 Å². The normalized spacial score (nSPS) is 10.2. The lowest BCUT2D eigenvalue weighted by atomic mass is 10.2. The molecule has 2 N–H and O–H groups in total. The van der Waals surface area contributed by atoms with Crippen molar-refractivity contribution in [3.05, 3.63) is 40.9 Å². The van der Waals surface area contributed by atoms with Crippen LogP contribution in [0.15, 0.2) is 29.6 Å². The highest BCUT2D eigenvalue weighted by molar-refractivity contribution is 7.13. The molecule has 19 heavy (non-hydrogen) atoms. The highest BCUT2D eigenvalue weighted by Crippen LogP contribution is 2.16. The average Bonchev–Trinajstić information content (AvgIpc) is 2.84. The molecule has 5 nitrogen and oxygen atoms in total. The monoisotopic (exact) mass is 277 g/mol. The van der Waals surface area contributed by atoms with Crippen molar-refractivity contribution >= 4 is 22.4 Å². The van der Waals surface area contributed by atoms with Crippen LogP contribution in [0, 0.1) is 0 Å². The second-order valence-electron chi connectivity index (χ2n) is 4.08. The maximum Gasteiger partial charge on any atom is 0.273 e. The van der Waals surface area contributed by atoms with Gasteiger partial charge in [0, 0.05) is 19.0 Å². The fourth-order valence-electron chi connectivity index (χ4n) is 1.70. The molecular formula is C13H15N3O2S. The lowest BCUT2D eigenvalue weighted by Crippen LogP contribution is -2.26. The van der Waals surface area contributed by atoms with Crippen LogP contribution in [0.1, 0.15) is 16.1 Å². The first kappa shape index (κ1) is 13.4. The Balaban J connectivity index is 2.07. The predicted octanol–water partition coefficient (Wildman–Crippen LogP) is 2.01. The van der Waals surface area contributed by atoms with E-state index in [1.807, 2.05) is 24.3 Å². The maximum atomic E-state index is 12.1. The summed E-state index contributed by atoms with van der Waals surface area (Å²) in [4.78, 5) is 17.7. The van der Waals surface area contributed by atoms with Crippen molar-refractivity contribution in [2.45, 2.75) is 6.54 Å². The first-order valence-electron chi connectivity index (χ1n) is 5.69. The van der Waals surface area contributed by atoms with Gasteiger partial charge in [-0.05, 0) is 17.7 Å². The molecule has 1 amide bonds. The van der Waals surface area contributed by atoms with Crippen LogP contribution in [0.5, 0.6) is 5.75 Å². The lowest BCUT2D eigenvalue weighted by Gasteiger charge is -2.16. The molecule has 0 saturated carbocycles. The lowest BCUT2D eigenvalue weighted by molar-refractivity contribution is 0.0780. The number of amides is 1. The van der Waals surface area contributed by atoms with Crippen LogP contribution in [0.3, 0.4) is 0 Å². The van der Waals surface area contributed by atoms with E-state index in [0.29, 0.717) is 17.4 Å². The van der Waals surface area contributed by atoms with Crippen molar-refractivity contribution in [1.29, 1.82) is 0 Å². The van der Waals surface area contributed by atoms with Gasteiger partial charge in [0.15, 0.2) is 5.13 Å². The predicted molar refractivity (Wildman–Crippen MR) is 75.3 cm³/mol. The fraction of sp³-hybridized carbons (Fsp3) is 0.231. The Labute approximate surface area is 115 Å². The molecule has 0 radical (unpaired) electrons. The first-order valence-corrected chi connectivity index (χ1v) is 6.57. The number of benzene rings is 1. The molecule has 100 valence electrons. The summed E-state index contributed by atoms with van der Waals surface area (Å²) in [6.45, 7) is 0.494. The highest BCUT2D eigenvalue weighted by atomic mass is 32.1. The van der Waals surface area contributed by atoms with Crippen LogP contribution >= 0.6 is 11.3 Å². The van der Waals surface area contributed by atoms with E-state index in [1.165, 1.54) is 11.3 Å². The summed E-state index contributed by atoms with van der Waals surface area (Å²) in [5.41, 5.74) is 6.91. The highest BCUT2D eigenvalue weighted by Gasteiger charge is 2.15. The fourth-order valence-corrected chi connectivity index (χ4v) is 2.23. The molecule has 0 spiro atoms. The molecule has 0 unspecified atom stereocenters. The minimum Gasteiger partial charge on any atom is -0.497 e. The van der Waals surface area contributed by atoms with Crippen molar-refractivity contribution in [2.75, 3.05) is 19.9 Å². The minimum atomic E-state index is -0.143. The van der Waals surface area contributed by atoms with E-state index in [9.17, 15) is 4.79 Å². The second-order valence-corrected chi connectivity index (χ2v) is 4.97. The number of carbonyl (C=O) groups excluding carboxylic acids is 1. The molecule has 6 heteroatoms. The molecule has 0 fully saturated rings. The van der Waals surface area contributed by atoms with Crippen molar-refractivity contribution in [3.8, 4) is 5.75 Å². The standard InChI is InChI=1S/C13H15N3O2S/c1-16(12(17)11-8-19-13(14)15-11)7-9-4-3-5-10(6-9)18-2/h3-6,8H,7H2,1-2H3,(H2,14,15). The molecule has 2 aromatic rings. The number of aromatic nitrogens is 1. The number of hydrogen-bond acceptors (Lipinski definition) is 5. The minimum absolute atomic E-state index is 0.143. The maximum absolute atomic E-state index is 12.1. The molecule has 0 aliphatic carbocycles. The van der Waals surface area contributed by atoms with Crippen LogP contribution in [0.2, 0.25) is 0 Å². The average molecular weight is 277 g/mol. The third-order valence-corrected chi connectivity index (χ3v) is 3.32. The molecule has 1 heterocycles. The SMILES string of the molecule is COc1cccc(CN(C)C(=O)c2csc(N)n2)c1. The van der Waals surface area contributed by atoms with Gasteiger partial charge in [-0.1, -0.05) is 12.1 Å². The quantitative estimate of drug-likeness (QED) is 0.928. The number of rotatable bonds is 4. The number of nitrogen functional groups attached to an aromatic ring is 1. The number of methoxy groups -OCH3 is 1.